The second-order valence-corrected chi connectivity index (χ2v) is 0.656. The minimum atomic E-state index is -3.67. The molecule has 0 saturated heterocycles. The first-order valence-electron chi connectivity index (χ1n) is 1.64. The molecule has 0 N–H and O–H groups in total. The first-order valence-corrected chi connectivity index (χ1v) is 1.64. The summed E-state index contributed by atoms with van der Waals surface area (Å²) in [6.07, 6.45) is 1.75. The zero-order valence-corrected chi connectivity index (χ0v) is 5.87. The van der Waals surface area contributed by atoms with E-state index >= 15 is 0 Å². The third-order valence-corrected chi connectivity index (χ3v) is 0. The molecule has 5 heteroatoms. The predicted molar refractivity (Wildman–Crippen MR) is 24.9 cm³/mol. The first kappa shape index (κ1) is 15.7. The van der Waals surface area contributed by atoms with Crippen molar-refractivity contribution in [1.82, 2.24) is 0 Å². The van der Waals surface area contributed by atoms with E-state index in [4.69, 9.17) is 0 Å². The van der Waals surface area contributed by atoms with Gasteiger partial charge in [-0.15, -0.1) is 6.58 Å². The van der Waals surface area contributed by atoms with E-state index in [1.54, 1.807) is 6.08 Å². The van der Waals surface area contributed by atoms with Crippen molar-refractivity contribution in [2.45, 2.75) is 6.92 Å². The van der Waals surface area contributed by atoms with E-state index < -0.39 is 7.54 Å². The zero-order valence-electron chi connectivity index (χ0n) is 4.31. The minimum Gasteiger partial charge on any atom is -0.254 e. The van der Waals surface area contributed by atoms with Gasteiger partial charge in [-0.1, -0.05) is 6.08 Å². The monoisotopic (exact) mass is 216 g/mol. The van der Waals surface area contributed by atoms with Crippen LogP contribution in [0.25, 0.3) is 0 Å². The minimum absolute atomic E-state index is 0. The Kier molecular flexibility index (Phi) is 30.8. The van der Waals surface area contributed by atoms with Crippen molar-refractivity contribution < 1.29 is 33.4 Å². The SMILES string of the molecule is C=CC.FB(F)F.[Pd+2]. The fourth-order valence-electron chi connectivity index (χ4n) is 0. The largest absolute Gasteiger partial charge is 2.00 e. The van der Waals surface area contributed by atoms with Gasteiger partial charge in [-0.05, 0) is 6.92 Å². The summed E-state index contributed by atoms with van der Waals surface area (Å²) in [4.78, 5) is 0. The number of allylic oxidation sites excluding steroid dienone is 1. The summed E-state index contributed by atoms with van der Waals surface area (Å²) in [6, 6.07) is 0. The molecule has 0 spiro atoms. The zero-order chi connectivity index (χ0) is 6.28. The Morgan fingerprint density at radius 2 is 1.38 bits per heavy atom. The van der Waals surface area contributed by atoms with Crippen molar-refractivity contribution in [2.75, 3.05) is 0 Å². The first-order chi connectivity index (χ1) is 3.15. The normalized spacial score (nSPS) is 5.00. The molecule has 0 aliphatic heterocycles. The van der Waals surface area contributed by atoms with E-state index in [9.17, 15) is 12.9 Å². The Labute approximate surface area is 61.0 Å². The summed E-state index contributed by atoms with van der Waals surface area (Å²) in [5.74, 6) is 0. The molecule has 0 fully saturated rings. The summed E-state index contributed by atoms with van der Waals surface area (Å²) in [5.41, 5.74) is 0. The van der Waals surface area contributed by atoms with Crippen LogP contribution in [0.5, 0.6) is 0 Å². The Morgan fingerprint density at radius 1 is 1.38 bits per heavy atom. The van der Waals surface area contributed by atoms with Crippen molar-refractivity contribution in [1.29, 1.82) is 0 Å². The number of rotatable bonds is 0. The van der Waals surface area contributed by atoms with E-state index in [2.05, 4.69) is 6.58 Å². The quantitative estimate of drug-likeness (QED) is 0.429. The van der Waals surface area contributed by atoms with Crippen LogP contribution >= 0.6 is 0 Å². The summed E-state index contributed by atoms with van der Waals surface area (Å²) in [5, 5.41) is 0. The van der Waals surface area contributed by atoms with E-state index in [1.165, 1.54) is 0 Å². The third-order valence-electron chi connectivity index (χ3n) is 0. The van der Waals surface area contributed by atoms with E-state index in [0.29, 0.717) is 0 Å². The topological polar surface area (TPSA) is 0 Å². The molecule has 0 aromatic rings. The average Bonchev–Trinajstić information content (AvgIpc) is 1.33. The molecule has 0 bridgehead atoms. The van der Waals surface area contributed by atoms with Crippen LogP contribution in [0.1, 0.15) is 6.92 Å². The van der Waals surface area contributed by atoms with Gasteiger partial charge in [-0.2, -0.15) is 0 Å². The molecule has 0 aromatic carbocycles. The Hall–Kier alpha value is 0.257. The second kappa shape index (κ2) is 15.7. The number of hydrogen-bond acceptors (Lipinski definition) is 0. The maximum absolute atomic E-state index is 9.67. The molecule has 0 aliphatic carbocycles. The van der Waals surface area contributed by atoms with Crippen LogP contribution in [0, 0.1) is 0 Å². The van der Waals surface area contributed by atoms with Crippen LogP contribution in [0.3, 0.4) is 0 Å². The Morgan fingerprint density at radius 3 is 1.38 bits per heavy atom. The van der Waals surface area contributed by atoms with Crippen molar-refractivity contribution in [3.05, 3.63) is 12.7 Å². The van der Waals surface area contributed by atoms with Gasteiger partial charge in [-0.25, -0.2) is 0 Å². The van der Waals surface area contributed by atoms with Crippen molar-refractivity contribution in [3.8, 4) is 0 Å². The van der Waals surface area contributed by atoms with Gasteiger partial charge < -0.3 is 0 Å². The van der Waals surface area contributed by atoms with Crippen LogP contribution < -0.4 is 0 Å². The van der Waals surface area contributed by atoms with Gasteiger partial charge in [0, 0.05) is 0 Å². The van der Waals surface area contributed by atoms with Crippen molar-refractivity contribution >= 4 is 7.54 Å². The molecule has 50 valence electrons. The fourth-order valence-corrected chi connectivity index (χ4v) is 0. The van der Waals surface area contributed by atoms with E-state index in [-0.39, 0.29) is 20.4 Å². The van der Waals surface area contributed by atoms with Crippen LogP contribution in [-0.2, 0) is 20.4 Å². The summed E-state index contributed by atoms with van der Waals surface area (Å²) in [7, 11) is -3.67. The van der Waals surface area contributed by atoms with Crippen LogP contribution in [-0.4, -0.2) is 7.54 Å². The molecule has 0 radical (unpaired) electrons. The number of halogens is 3. The van der Waals surface area contributed by atoms with Gasteiger partial charge >= 0.3 is 28.0 Å². The molecular weight excluding hydrogens is 210 g/mol. The molecule has 0 atom stereocenters. The molecule has 8 heavy (non-hydrogen) atoms. The van der Waals surface area contributed by atoms with Gasteiger partial charge in [0.1, 0.15) is 0 Å². The molecule has 0 saturated carbocycles. The molecule has 0 unspecified atom stereocenters. The maximum Gasteiger partial charge on any atom is 2.00 e. The fraction of sp³-hybridized carbons (Fsp3) is 0.333. The molecule has 0 rings (SSSR count). The second-order valence-electron chi connectivity index (χ2n) is 0.656. The molecule has 0 nitrogen and oxygen atoms in total. The van der Waals surface area contributed by atoms with Gasteiger partial charge in [0.2, 0.25) is 0 Å². The predicted octanol–water partition coefficient (Wildman–Crippen LogP) is 2.07. The van der Waals surface area contributed by atoms with Crippen molar-refractivity contribution in [2.24, 2.45) is 0 Å². The van der Waals surface area contributed by atoms with Crippen LogP contribution in [0.4, 0.5) is 12.9 Å². The van der Waals surface area contributed by atoms with E-state index in [1.807, 2.05) is 6.92 Å². The average molecular weight is 216 g/mol. The van der Waals surface area contributed by atoms with Gasteiger partial charge in [-0.3, -0.25) is 12.9 Å². The molecule has 0 aromatic heterocycles. The molecular formula is C3H6BF3Pd+2. The molecule has 0 amide bonds. The van der Waals surface area contributed by atoms with Crippen LogP contribution in [0.15, 0.2) is 12.7 Å². The Balaban J connectivity index is -0.0000000575. The number of hydrogen-bond donors (Lipinski definition) is 0. The van der Waals surface area contributed by atoms with Crippen LogP contribution in [0.2, 0.25) is 0 Å². The van der Waals surface area contributed by atoms with E-state index in [0.717, 1.165) is 0 Å². The third kappa shape index (κ3) is 2610. The van der Waals surface area contributed by atoms with Gasteiger partial charge in [0.25, 0.3) is 0 Å². The smallest absolute Gasteiger partial charge is 0.254 e. The summed E-state index contributed by atoms with van der Waals surface area (Å²) in [6.45, 7) is 5.25. The standard InChI is InChI=1S/C3H6.BF3.Pd/c1-3-2;2-1(3)4;/h3H,1H2,2H3;;/q;;+2. The van der Waals surface area contributed by atoms with Gasteiger partial charge in [0.05, 0.1) is 0 Å². The molecule has 0 heterocycles. The van der Waals surface area contributed by atoms with Crippen molar-refractivity contribution in [3.63, 3.8) is 0 Å². The summed E-state index contributed by atoms with van der Waals surface area (Å²) >= 11 is 0. The molecule has 0 aliphatic rings. The summed E-state index contributed by atoms with van der Waals surface area (Å²) < 4.78 is 29.0. The Bertz CT molecular complexity index is 38.8. The van der Waals surface area contributed by atoms with Gasteiger partial charge in [0.15, 0.2) is 0 Å². The maximum atomic E-state index is 9.67.